The van der Waals surface area contributed by atoms with Crippen LogP contribution in [0.25, 0.3) is 39.0 Å². The van der Waals surface area contributed by atoms with Gasteiger partial charge in [0.25, 0.3) is 5.91 Å². The molecule has 3 aromatic carbocycles. The number of nitrogen functional groups attached to an aromatic ring is 1. The monoisotopic (exact) mass is 947 g/mol. The van der Waals surface area contributed by atoms with Gasteiger partial charge in [-0.25, -0.2) is 19.3 Å². The second-order valence-corrected chi connectivity index (χ2v) is 16.8. The van der Waals surface area contributed by atoms with Gasteiger partial charge in [-0.1, -0.05) is 36.4 Å². The number of ether oxygens (including phenoxy) is 1. The highest BCUT2D eigenvalue weighted by molar-refractivity contribution is 9.10. The molecule has 20 heteroatoms. The van der Waals surface area contributed by atoms with Gasteiger partial charge in [-0.15, -0.1) is 0 Å². The first-order valence-electron chi connectivity index (χ1n) is 20.8. The first kappa shape index (κ1) is 42.6. The summed E-state index contributed by atoms with van der Waals surface area (Å²) in [6.07, 6.45) is 6.17. The van der Waals surface area contributed by atoms with Crippen molar-refractivity contribution in [3.63, 3.8) is 0 Å². The molecule has 0 saturated carbocycles. The van der Waals surface area contributed by atoms with Gasteiger partial charge < -0.3 is 35.1 Å². The molecular weight excluding hydrogens is 905 g/mol. The number of H-pyrrole nitrogens is 1. The molecule has 2 fully saturated rings. The maximum atomic E-state index is 15.1. The number of hydrogen-bond donors (Lipinski definition) is 3. The van der Waals surface area contributed by atoms with Gasteiger partial charge in [0.05, 0.1) is 45.4 Å². The summed E-state index contributed by atoms with van der Waals surface area (Å²) in [6.45, 7) is 9.33. The number of nitrogens with one attached hydrogen (secondary N) is 2. The van der Waals surface area contributed by atoms with Crippen LogP contribution < -0.4 is 20.7 Å². The summed E-state index contributed by atoms with van der Waals surface area (Å²) in [6, 6.07) is 20.5. The lowest BCUT2D eigenvalue weighted by Crippen LogP contribution is -2.45. The van der Waals surface area contributed by atoms with Crippen LogP contribution in [0.4, 0.5) is 22.1 Å². The number of aromatic nitrogens is 10. The van der Waals surface area contributed by atoms with Crippen LogP contribution in [-0.2, 0) is 17.9 Å². The zero-order valence-electron chi connectivity index (χ0n) is 34.9. The number of nitrogens with zero attached hydrogens (tertiary/aromatic N) is 12. The van der Waals surface area contributed by atoms with Crippen LogP contribution in [0.3, 0.4) is 0 Å². The minimum absolute atomic E-state index is 0.0133. The minimum Gasteiger partial charge on any atom is -0.457 e. The number of amides is 1. The zero-order chi connectivity index (χ0) is 44.3. The smallest absolute Gasteiger partial charge is 0.250 e. The van der Waals surface area contributed by atoms with E-state index in [4.69, 9.17) is 32.0 Å². The number of halogens is 3. The molecule has 64 heavy (non-hydrogen) atoms. The Morgan fingerprint density at radius 3 is 2.47 bits per heavy atom. The third-order valence-corrected chi connectivity index (χ3v) is 12.0. The van der Waals surface area contributed by atoms with Gasteiger partial charge in [-0.05, 0) is 90.8 Å². The number of aromatic amines is 1. The first-order valence-corrected chi connectivity index (χ1v) is 21.9. The Labute approximate surface area is 380 Å². The van der Waals surface area contributed by atoms with E-state index in [1.54, 1.807) is 16.8 Å². The number of rotatable bonds is 10. The Morgan fingerprint density at radius 1 is 0.953 bits per heavy atom. The number of fused-ring (bicyclic) bond motifs is 3. The largest absolute Gasteiger partial charge is 0.457 e. The van der Waals surface area contributed by atoms with Crippen LogP contribution in [0.1, 0.15) is 25.1 Å². The van der Waals surface area contributed by atoms with Gasteiger partial charge >= 0.3 is 0 Å². The molecule has 4 N–H and O–H groups in total. The first-order chi connectivity index (χ1) is 31.1. The molecule has 0 aliphatic carbocycles. The summed E-state index contributed by atoms with van der Waals surface area (Å²) in [5, 5.41) is 15.6. The van der Waals surface area contributed by atoms with Gasteiger partial charge in [-0.3, -0.25) is 9.89 Å². The molecule has 10 rings (SSSR count). The molecule has 5 aromatic heterocycles. The maximum absolute atomic E-state index is 15.1. The molecule has 328 valence electrons. The van der Waals surface area contributed by atoms with Crippen molar-refractivity contribution in [3.05, 3.63) is 113 Å². The lowest BCUT2D eigenvalue weighted by atomic mass is 10.1. The quantitative estimate of drug-likeness (QED) is 0.116. The van der Waals surface area contributed by atoms with Gasteiger partial charge in [0, 0.05) is 50.4 Å². The van der Waals surface area contributed by atoms with Gasteiger partial charge in [0.15, 0.2) is 17.1 Å². The second kappa shape index (κ2) is 18.6. The lowest BCUT2D eigenvalue weighted by Gasteiger charge is -2.32. The van der Waals surface area contributed by atoms with Crippen LogP contribution in [0.15, 0.2) is 95.9 Å². The van der Waals surface area contributed by atoms with Crippen LogP contribution >= 0.6 is 27.5 Å². The van der Waals surface area contributed by atoms with E-state index in [1.807, 2.05) is 64.1 Å². The summed E-state index contributed by atoms with van der Waals surface area (Å²) in [5.74, 6) is 2.84. The van der Waals surface area contributed by atoms with E-state index in [0.29, 0.717) is 45.9 Å². The Hall–Kier alpha value is -6.70. The summed E-state index contributed by atoms with van der Waals surface area (Å²) in [5.41, 5.74) is 9.94. The van der Waals surface area contributed by atoms with E-state index in [0.717, 1.165) is 91.1 Å². The standard InChI is InChI=1S/C27H31BrClFN10O.C17H13N5O/c1-17(25(41)37-8-4-3-5-9-37)16-39-20-7-6-19(29)22(30)23(20)33-21(39)15-31-26-35-27(38-12-10-36(2)11-13-38)34-24-18(28)14-32-40(24)26;18-16-14-15(21-22-17(14)20-10-19-16)11-6-8-13(9-7-11)23-12-4-2-1-3-5-12/h6-7,14H,1,3-5,8-13,15-16H2,2H3,(H,31,34,35);1-10H,(H3,18,19,20,21,22). The molecule has 0 atom stereocenters. The van der Waals surface area contributed by atoms with Crippen LogP contribution in [0, 0.1) is 5.82 Å². The second-order valence-electron chi connectivity index (χ2n) is 15.5. The number of likely N-dealkylation sites (N-methyl/N-ethyl adjacent to an activating group) is 1. The maximum Gasteiger partial charge on any atom is 0.250 e. The molecular formula is C44H44BrClFN15O2. The minimum atomic E-state index is -0.602. The number of carbonyl (C=O) groups excluding carboxylic acids is 1. The third kappa shape index (κ3) is 8.91. The zero-order valence-corrected chi connectivity index (χ0v) is 37.2. The summed E-state index contributed by atoms with van der Waals surface area (Å²) in [7, 11) is 2.10. The number of likely N-dealkylation sites (tertiary alicyclic amines) is 1. The molecule has 0 unspecified atom stereocenters. The highest BCUT2D eigenvalue weighted by atomic mass is 79.9. The molecule has 8 aromatic rings. The molecule has 2 aliphatic heterocycles. The summed E-state index contributed by atoms with van der Waals surface area (Å²) >= 11 is 9.63. The number of benzene rings is 3. The Balaban J connectivity index is 0.000000190. The number of para-hydroxylation sites is 1. The van der Waals surface area contributed by atoms with Crippen molar-refractivity contribution in [2.24, 2.45) is 0 Å². The van der Waals surface area contributed by atoms with Gasteiger partial charge in [0.1, 0.15) is 35.0 Å². The summed E-state index contributed by atoms with van der Waals surface area (Å²) < 4.78 is 25.0. The van der Waals surface area contributed by atoms with Crippen molar-refractivity contribution in [2.45, 2.75) is 32.4 Å². The molecule has 0 bridgehead atoms. The average Bonchev–Trinajstić information content (AvgIpc) is 4.04. The van der Waals surface area contributed by atoms with Crippen molar-refractivity contribution in [1.29, 1.82) is 0 Å². The molecule has 2 saturated heterocycles. The number of carbonyl (C=O) groups is 1. The number of piperidine rings is 1. The molecule has 0 radical (unpaired) electrons. The van der Waals surface area contributed by atoms with Crippen LogP contribution in [-0.4, -0.2) is 111 Å². The Morgan fingerprint density at radius 2 is 1.70 bits per heavy atom. The number of imidazole rings is 1. The summed E-state index contributed by atoms with van der Waals surface area (Å²) in [4.78, 5) is 41.7. The van der Waals surface area contributed by atoms with Crippen molar-refractivity contribution < 1.29 is 13.9 Å². The van der Waals surface area contributed by atoms with Gasteiger partial charge in [0.2, 0.25) is 11.9 Å². The predicted octanol–water partition coefficient (Wildman–Crippen LogP) is 7.36. The SMILES string of the molecule is C=C(Cn1c(CNc2nc(N3CCN(C)CC3)nc3c(Br)cnn23)nc2c(F)c(Cl)ccc21)C(=O)N1CCCCC1.Nc1ncnc2n[nH]c(-c3ccc(Oc4ccccc4)cc3)c12. The van der Waals surface area contributed by atoms with Crippen LogP contribution in [0.5, 0.6) is 11.5 Å². The van der Waals surface area contributed by atoms with E-state index in [1.165, 1.54) is 12.4 Å². The lowest BCUT2D eigenvalue weighted by molar-refractivity contribution is -0.128. The highest BCUT2D eigenvalue weighted by Gasteiger charge is 2.24. The molecule has 1 amide bonds. The topological polar surface area (TPSA) is 189 Å². The fourth-order valence-electron chi connectivity index (χ4n) is 7.73. The van der Waals surface area contributed by atoms with Crippen molar-refractivity contribution in [3.8, 4) is 22.8 Å². The van der Waals surface area contributed by atoms with E-state index < -0.39 is 5.82 Å². The van der Waals surface area contributed by atoms with Crippen molar-refractivity contribution in [1.82, 2.24) is 59.1 Å². The average molecular weight is 949 g/mol. The molecule has 7 heterocycles. The molecule has 0 spiro atoms. The Kier molecular flexibility index (Phi) is 12.4. The fourth-order valence-corrected chi connectivity index (χ4v) is 8.24. The molecule has 17 nitrogen and oxygen atoms in total. The number of hydrogen-bond acceptors (Lipinski definition) is 13. The van der Waals surface area contributed by atoms with E-state index >= 15 is 4.39 Å². The van der Waals surface area contributed by atoms with Crippen molar-refractivity contribution >= 4 is 78.9 Å². The normalized spacial score (nSPS) is 14.5. The van der Waals surface area contributed by atoms with E-state index in [9.17, 15) is 4.79 Å². The number of nitrogens with two attached hydrogens (primary N) is 1. The highest BCUT2D eigenvalue weighted by Crippen LogP contribution is 2.31. The fraction of sp³-hybridized carbons (Fsp3) is 0.273. The predicted molar refractivity (Wildman–Crippen MR) is 248 cm³/mol. The van der Waals surface area contributed by atoms with E-state index in [-0.39, 0.29) is 29.5 Å². The molecule has 2 aliphatic rings. The van der Waals surface area contributed by atoms with Crippen LogP contribution in [0.2, 0.25) is 5.02 Å². The van der Waals surface area contributed by atoms with Crippen molar-refractivity contribution in [2.75, 3.05) is 62.3 Å². The third-order valence-electron chi connectivity index (χ3n) is 11.2. The van der Waals surface area contributed by atoms with Gasteiger partial charge in [-0.2, -0.15) is 24.7 Å². The number of piperazine rings is 1. The number of anilines is 3. The van der Waals surface area contributed by atoms with E-state index in [2.05, 4.69) is 74.9 Å². The Bertz CT molecular complexity index is 2960.